The number of hydrogen-bond donors (Lipinski definition) is 1. The Labute approximate surface area is 170 Å². The fraction of sp³-hybridized carbons (Fsp3) is 0.300. The molecule has 0 bridgehead atoms. The standard InChI is InChI=1S/C20H22ClN3O3S/c1-24-13-3-6-19(24)23-28(26,27)18-10-8-17(9-11-18)22-20(25)12-7-15-4-2-5-16(21)14-15/h2,4-5,8-11,14H,3,6-7,12-13H2,1H3,(H,22,25)/b23-19+. The van der Waals surface area contributed by atoms with Gasteiger partial charge in [0.2, 0.25) is 5.91 Å². The Morgan fingerprint density at radius 1 is 1.21 bits per heavy atom. The summed E-state index contributed by atoms with van der Waals surface area (Å²) in [5.74, 6) is 0.432. The molecule has 1 heterocycles. The predicted octanol–water partition coefficient (Wildman–Crippen LogP) is 3.72. The zero-order valence-corrected chi connectivity index (χ0v) is 17.1. The summed E-state index contributed by atoms with van der Waals surface area (Å²) < 4.78 is 28.8. The predicted molar refractivity (Wildman–Crippen MR) is 111 cm³/mol. The second kappa shape index (κ2) is 8.75. The Morgan fingerprint density at radius 2 is 1.96 bits per heavy atom. The van der Waals surface area contributed by atoms with Gasteiger partial charge in [-0.15, -0.1) is 4.40 Å². The van der Waals surface area contributed by atoms with Crippen molar-refractivity contribution in [2.24, 2.45) is 4.40 Å². The summed E-state index contributed by atoms with van der Waals surface area (Å²) in [6.45, 7) is 0.814. The van der Waals surface area contributed by atoms with Crippen molar-refractivity contribution < 1.29 is 13.2 Å². The van der Waals surface area contributed by atoms with Gasteiger partial charge in [-0.1, -0.05) is 23.7 Å². The van der Waals surface area contributed by atoms with Gasteiger partial charge in [-0.25, -0.2) is 0 Å². The first kappa shape index (κ1) is 20.4. The summed E-state index contributed by atoms with van der Waals surface area (Å²) in [5, 5.41) is 3.42. The molecular weight excluding hydrogens is 398 g/mol. The highest BCUT2D eigenvalue weighted by atomic mass is 35.5. The number of likely N-dealkylation sites (tertiary alicyclic amines) is 1. The van der Waals surface area contributed by atoms with Crippen LogP contribution < -0.4 is 5.32 Å². The number of nitrogens with zero attached hydrogens (tertiary/aromatic N) is 2. The maximum Gasteiger partial charge on any atom is 0.283 e. The molecule has 3 rings (SSSR count). The molecule has 0 aliphatic carbocycles. The number of nitrogens with one attached hydrogen (secondary N) is 1. The smallest absolute Gasteiger partial charge is 0.283 e. The third kappa shape index (κ3) is 5.33. The van der Waals surface area contributed by atoms with Gasteiger partial charge in [0.05, 0.1) is 4.90 Å². The second-order valence-corrected chi connectivity index (χ2v) is 8.75. The van der Waals surface area contributed by atoms with E-state index < -0.39 is 10.0 Å². The van der Waals surface area contributed by atoms with Crippen LogP contribution in [0.25, 0.3) is 0 Å². The van der Waals surface area contributed by atoms with Gasteiger partial charge in [0.15, 0.2) is 0 Å². The summed E-state index contributed by atoms with van der Waals surface area (Å²) in [7, 11) is -1.91. The number of amides is 1. The number of hydrogen-bond acceptors (Lipinski definition) is 3. The molecule has 1 aliphatic rings. The highest BCUT2D eigenvalue weighted by Crippen LogP contribution is 2.19. The van der Waals surface area contributed by atoms with Crippen molar-refractivity contribution in [3.63, 3.8) is 0 Å². The molecule has 2 aromatic rings. The molecule has 1 fully saturated rings. The van der Waals surface area contributed by atoms with Crippen molar-refractivity contribution >= 4 is 39.1 Å². The third-order valence-corrected chi connectivity index (χ3v) is 6.08. The molecule has 0 spiro atoms. The lowest BCUT2D eigenvalue weighted by Gasteiger charge is -2.11. The number of anilines is 1. The van der Waals surface area contributed by atoms with Gasteiger partial charge in [0.1, 0.15) is 5.84 Å². The number of halogens is 1. The molecule has 1 N–H and O–H groups in total. The van der Waals surface area contributed by atoms with Crippen molar-refractivity contribution in [1.29, 1.82) is 0 Å². The van der Waals surface area contributed by atoms with E-state index in [1.807, 2.05) is 30.1 Å². The van der Waals surface area contributed by atoms with Crippen LogP contribution in [-0.2, 0) is 21.2 Å². The number of benzene rings is 2. The minimum absolute atomic E-state index is 0.109. The molecule has 0 aromatic heterocycles. The molecule has 148 valence electrons. The van der Waals surface area contributed by atoms with E-state index in [9.17, 15) is 13.2 Å². The highest BCUT2D eigenvalue weighted by Gasteiger charge is 2.20. The molecule has 8 heteroatoms. The topological polar surface area (TPSA) is 78.8 Å². The molecule has 0 unspecified atom stereocenters. The van der Waals surface area contributed by atoms with Gasteiger partial charge in [0.25, 0.3) is 10.0 Å². The summed E-state index contributed by atoms with van der Waals surface area (Å²) in [6.07, 6.45) is 2.45. The highest BCUT2D eigenvalue weighted by molar-refractivity contribution is 7.90. The molecular formula is C20H22ClN3O3S. The monoisotopic (exact) mass is 419 g/mol. The van der Waals surface area contributed by atoms with Crippen molar-refractivity contribution in [3.8, 4) is 0 Å². The lowest BCUT2D eigenvalue weighted by molar-refractivity contribution is -0.116. The van der Waals surface area contributed by atoms with Crippen LogP contribution >= 0.6 is 11.6 Å². The average molecular weight is 420 g/mol. The van der Waals surface area contributed by atoms with Crippen LogP contribution in [0.1, 0.15) is 24.8 Å². The van der Waals surface area contributed by atoms with Gasteiger partial charge < -0.3 is 10.2 Å². The van der Waals surface area contributed by atoms with E-state index >= 15 is 0 Å². The van der Waals surface area contributed by atoms with Crippen LogP contribution in [-0.4, -0.2) is 38.7 Å². The van der Waals surface area contributed by atoms with E-state index in [2.05, 4.69) is 9.71 Å². The van der Waals surface area contributed by atoms with Crippen LogP contribution in [0.3, 0.4) is 0 Å². The largest absolute Gasteiger partial charge is 0.362 e. The van der Waals surface area contributed by atoms with Crippen LogP contribution in [0, 0.1) is 0 Å². The number of aryl methyl sites for hydroxylation is 1. The number of sulfonamides is 1. The Morgan fingerprint density at radius 3 is 2.61 bits per heavy atom. The number of carbonyl (C=O) groups excluding carboxylic acids is 1. The lowest BCUT2D eigenvalue weighted by Crippen LogP contribution is -2.20. The normalized spacial score (nSPS) is 15.8. The van der Waals surface area contributed by atoms with Crippen molar-refractivity contribution in [2.45, 2.75) is 30.6 Å². The summed E-state index contributed by atoms with van der Waals surface area (Å²) in [6, 6.07) is 13.4. The molecule has 0 atom stereocenters. The summed E-state index contributed by atoms with van der Waals surface area (Å²) >= 11 is 5.94. The molecule has 1 aliphatic heterocycles. The van der Waals surface area contributed by atoms with Crippen LogP contribution in [0.2, 0.25) is 5.02 Å². The van der Waals surface area contributed by atoms with Gasteiger partial charge in [-0.3, -0.25) is 4.79 Å². The van der Waals surface area contributed by atoms with Gasteiger partial charge in [-0.05, 0) is 54.8 Å². The zero-order valence-electron chi connectivity index (χ0n) is 15.6. The van der Waals surface area contributed by atoms with E-state index in [1.165, 1.54) is 12.1 Å². The van der Waals surface area contributed by atoms with Crippen LogP contribution in [0.15, 0.2) is 57.8 Å². The Bertz CT molecular complexity index is 988. The zero-order chi connectivity index (χ0) is 20.1. The third-order valence-electron chi connectivity index (χ3n) is 4.53. The maximum atomic E-state index is 12.4. The molecule has 1 amide bonds. The van der Waals surface area contributed by atoms with E-state index in [0.717, 1.165) is 18.5 Å². The SMILES string of the molecule is CN1CCC/C1=N\S(=O)(=O)c1ccc(NC(=O)CCc2cccc(Cl)c2)cc1. The van der Waals surface area contributed by atoms with Crippen molar-refractivity contribution in [3.05, 3.63) is 59.1 Å². The molecule has 6 nitrogen and oxygen atoms in total. The second-order valence-electron chi connectivity index (χ2n) is 6.71. The quantitative estimate of drug-likeness (QED) is 0.773. The maximum absolute atomic E-state index is 12.4. The van der Waals surface area contributed by atoms with E-state index in [4.69, 9.17) is 11.6 Å². The van der Waals surface area contributed by atoms with Gasteiger partial charge >= 0.3 is 0 Å². The number of carbonyl (C=O) groups is 1. The molecule has 1 saturated heterocycles. The minimum atomic E-state index is -3.75. The van der Waals surface area contributed by atoms with Crippen molar-refractivity contribution in [2.75, 3.05) is 18.9 Å². The number of rotatable bonds is 6. The lowest BCUT2D eigenvalue weighted by atomic mass is 10.1. The summed E-state index contributed by atoms with van der Waals surface area (Å²) in [4.78, 5) is 14.1. The summed E-state index contributed by atoms with van der Waals surface area (Å²) in [5.41, 5.74) is 1.53. The first-order valence-electron chi connectivity index (χ1n) is 9.03. The van der Waals surface area contributed by atoms with Crippen LogP contribution in [0.4, 0.5) is 5.69 Å². The fourth-order valence-electron chi connectivity index (χ4n) is 2.99. The number of amidine groups is 1. The fourth-order valence-corrected chi connectivity index (χ4v) is 4.29. The average Bonchev–Trinajstić information content (AvgIpc) is 3.04. The van der Waals surface area contributed by atoms with Crippen molar-refractivity contribution in [1.82, 2.24) is 4.90 Å². The molecule has 28 heavy (non-hydrogen) atoms. The van der Waals surface area contributed by atoms with Crippen LogP contribution in [0.5, 0.6) is 0 Å². The first-order chi connectivity index (χ1) is 13.3. The Hall–Kier alpha value is -2.38. The minimum Gasteiger partial charge on any atom is -0.362 e. The van der Waals surface area contributed by atoms with E-state index in [0.29, 0.717) is 35.8 Å². The van der Waals surface area contributed by atoms with Gasteiger partial charge in [0, 0.05) is 37.1 Å². The Balaban J connectivity index is 1.60. The molecule has 0 saturated carbocycles. The van der Waals surface area contributed by atoms with Gasteiger partial charge in [-0.2, -0.15) is 8.42 Å². The van der Waals surface area contributed by atoms with E-state index in [1.54, 1.807) is 18.2 Å². The first-order valence-corrected chi connectivity index (χ1v) is 10.8. The molecule has 0 radical (unpaired) electrons. The Kier molecular flexibility index (Phi) is 6.36. The molecule has 2 aromatic carbocycles. The van der Waals surface area contributed by atoms with E-state index in [-0.39, 0.29) is 10.8 Å².